The maximum atomic E-state index is 10.3. The molecule has 4 atom stereocenters. The van der Waals surface area contributed by atoms with Crippen LogP contribution in [0.4, 0.5) is 0 Å². The third-order valence-electron chi connectivity index (χ3n) is 5.38. The predicted molar refractivity (Wildman–Crippen MR) is 114 cm³/mol. The summed E-state index contributed by atoms with van der Waals surface area (Å²) in [5, 5.41) is 20.4. The summed E-state index contributed by atoms with van der Waals surface area (Å²) < 4.78 is 23.1. The van der Waals surface area contributed by atoms with Gasteiger partial charge in [-0.15, -0.1) is 0 Å². The fourth-order valence-electron chi connectivity index (χ4n) is 3.94. The summed E-state index contributed by atoms with van der Waals surface area (Å²) in [6.45, 7) is 2.34. The van der Waals surface area contributed by atoms with Gasteiger partial charge in [0.1, 0.15) is 11.9 Å². The van der Waals surface area contributed by atoms with Crippen LogP contribution in [-0.4, -0.2) is 49.9 Å². The van der Waals surface area contributed by atoms with Gasteiger partial charge in [0.2, 0.25) is 0 Å². The highest BCUT2D eigenvalue weighted by Crippen LogP contribution is 2.41. The molecule has 2 N–H and O–H groups in total. The molecule has 1 aliphatic heterocycles. The second-order valence-electron chi connectivity index (χ2n) is 7.33. The second-order valence-corrected chi connectivity index (χ2v) is 7.73. The summed E-state index contributed by atoms with van der Waals surface area (Å²) in [7, 11) is 3.15. The third kappa shape index (κ3) is 4.80. The number of hydrogen-bond donors (Lipinski definition) is 2. The van der Waals surface area contributed by atoms with Gasteiger partial charge in [0, 0.05) is 43.2 Å². The van der Waals surface area contributed by atoms with E-state index in [9.17, 15) is 10.2 Å². The molecular formula is C23H29ClO6. The zero-order valence-electron chi connectivity index (χ0n) is 17.5. The number of hydrogen-bond acceptors (Lipinski definition) is 6. The van der Waals surface area contributed by atoms with Gasteiger partial charge in [-0.2, -0.15) is 0 Å². The van der Waals surface area contributed by atoms with Gasteiger partial charge in [-0.1, -0.05) is 29.8 Å². The SMILES string of the molecule is CCOc1ccc(C(OC)c2cc([C@@]3(OC)CC(O)CC(CO)O3)ccc2Cl)cc1. The van der Waals surface area contributed by atoms with Crippen molar-refractivity contribution in [3.05, 3.63) is 64.2 Å². The largest absolute Gasteiger partial charge is 0.494 e. The van der Waals surface area contributed by atoms with Gasteiger partial charge in [0.05, 0.1) is 25.4 Å². The zero-order valence-corrected chi connectivity index (χ0v) is 18.3. The van der Waals surface area contributed by atoms with Crippen molar-refractivity contribution < 1.29 is 29.2 Å². The van der Waals surface area contributed by atoms with Gasteiger partial charge in [-0.3, -0.25) is 0 Å². The Morgan fingerprint density at radius 1 is 1.20 bits per heavy atom. The predicted octanol–water partition coefficient (Wildman–Crippen LogP) is 3.81. The molecule has 1 fully saturated rings. The highest BCUT2D eigenvalue weighted by molar-refractivity contribution is 6.31. The molecule has 0 aliphatic carbocycles. The average Bonchev–Trinajstić information content (AvgIpc) is 2.76. The number of methoxy groups -OCH3 is 2. The Hall–Kier alpha value is -1.67. The molecule has 0 saturated carbocycles. The Balaban J connectivity index is 1.98. The lowest BCUT2D eigenvalue weighted by Crippen LogP contribution is -2.46. The number of aliphatic hydroxyl groups excluding tert-OH is 2. The van der Waals surface area contributed by atoms with Gasteiger partial charge >= 0.3 is 0 Å². The second kappa shape index (κ2) is 10.1. The van der Waals surface area contributed by atoms with E-state index >= 15 is 0 Å². The quantitative estimate of drug-likeness (QED) is 0.655. The Morgan fingerprint density at radius 2 is 1.93 bits per heavy atom. The van der Waals surface area contributed by atoms with Crippen molar-refractivity contribution in [1.29, 1.82) is 0 Å². The summed E-state index contributed by atoms with van der Waals surface area (Å²) in [6, 6.07) is 13.1. The van der Waals surface area contributed by atoms with E-state index in [4.69, 9.17) is 30.5 Å². The van der Waals surface area contributed by atoms with Gasteiger partial charge in [0.15, 0.2) is 5.79 Å². The van der Waals surface area contributed by atoms with Crippen LogP contribution in [0.15, 0.2) is 42.5 Å². The standard InChI is InChI=1S/C23H29ClO6/c1-4-29-18-8-5-15(6-9-18)22(27-2)20-11-16(7-10-21(20)24)23(28-3)13-17(26)12-19(14-25)30-23/h5-11,17,19,22,25-26H,4,12-14H2,1-3H3/t17?,19?,22?,23-/m1/s1. The van der Waals surface area contributed by atoms with E-state index in [1.807, 2.05) is 43.3 Å². The molecule has 1 saturated heterocycles. The van der Waals surface area contributed by atoms with Crippen molar-refractivity contribution in [2.75, 3.05) is 27.4 Å². The van der Waals surface area contributed by atoms with Crippen LogP contribution in [0.2, 0.25) is 5.02 Å². The summed E-state index contributed by atoms with van der Waals surface area (Å²) >= 11 is 6.54. The molecule has 164 valence electrons. The van der Waals surface area contributed by atoms with Crippen LogP contribution >= 0.6 is 11.6 Å². The lowest BCUT2D eigenvalue weighted by Gasteiger charge is -2.42. The molecule has 0 radical (unpaired) electrons. The highest BCUT2D eigenvalue weighted by atomic mass is 35.5. The van der Waals surface area contributed by atoms with Crippen molar-refractivity contribution in [3.63, 3.8) is 0 Å². The summed E-state index contributed by atoms with van der Waals surface area (Å²) in [5.41, 5.74) is 2.38. The van der Waals surface area contributed by atoms with Gasteiger partial charge in [-0.05, 0) is 36.8 Å². The van der Waals surface area contributed by atoms with Crippen LogP contribution < -0.4 is 4.74 Å². The van der Waals surface area contributed by atoms with Gasteiger partial charge < -0.3 is 29.2 Å². The van der Waals surface area contributed by atoms with E-state index in [0.29, 0.717) is 23.6 Å². The molecule has 3 unspecified atom stereocenters. The number of rotatable bonds is 8. The minimum absolute atomic E-state index is 0.199. The Labute approximate surface area is 182 Å². The van der Waals surface area contributed by atoms with Crippen LogP contribution in [-0.2, 0) is 20.0 Å². The van der Waals surface area contributed by atoms with Crippen LogP contribution in [0.5, 0.6) is 5.75 Å². The molecule has 0 amide bonds. The summed E-state index contributed by atoms with van der Waals surface area (Å²) in [5.74, 6) is -0.393. The molecule has 6 nitrogen and oxygen atoms in total. The monoisotopic (exact) mass is 436 g/mol. The summed E-state index contributed by atoms with van der Waals surface area (Å²) in [4.78, 5) is 0. The molecule has 3 rings (SSSR count). The third-order valence-corrected chi connectivity index (χ3v) is 5.72. The first-order chi connectivity index (χ1) is 14.5. The molecule has 7 heteroatoms. The van der Waals surface area contributed by atoms with Crippen LogP contribution in [0.25, 0.3) is 0 Å². The maximum absolute atomic E-state index is 10.3. The fourth-order valence-corrected chi connectivity index (χ4v) is 4.16. The number of benzene rings is 2. The molecule has 1 aliphatic rings. The molecule has 0 spiro atoms. The minimum atomic E-state index is -1.18. The Kier molecular flexibility index (Phi) is 7.74. The lowest BCUT2D eigenvalue weighted by atomic mass is 9.90. The number of halogens is 1. The summed E-state index contributed by atoms with van der Waals surface area (Å²) in [6.07, 6.45) is -0.975. The molecule has 1 heterocycles. The topological polar surface area (TPSA) is 77.4 Å². The van der Waals surface area contributed by atoms with Crippen LogP contribution in [0, 0.1) is 0 Å². The van der Waals surface area contributed by atoms with E-state index in [1.54, 1.807) is 13.2 Å². The van der Waals surface area contributed by atoms with Gasteiger partial charge in [-0.25, -0.2) is 0 Å². The van der Waals surface area contributed by atoms with E-state index in [2.05, 4.69) is 0 Å². The van der Waals surface area contributed by atoms with Crippen molar-refractivity contribution in [1.82, 2.24) is 0 Å². The van der Waals surface area contributed by atoms with Crippen molar-refractivity contribution in [3.8, 4) is 5.75 Å². The smallest absolute Gasteiger partial charge is 0.197 e. The average molecular weight is 437 g/mol. The maximum Gasteiger partial charge on any atom is 0.197 e. The molecule has 2 aromatic rings. The minimum Gasteiger partial charge on any atom is -0.494 e. The van der Waals surface area contributed by atoms with Crippen molar-refractivity contribution >= 4 is 11.6 Å². The zero-order chi connectivity index (χ0) is 21.7. The molecule has 0 bridgehead atoms. The number of aliphatic hydroxyl groups is 2. The molecule has 2 aromatic carbocycles. The first-order valence-electron chi connectivity index (χ1n) is 10.0. The van der Waals surface area contributed by atoms with Crippen molar-refractivity contribution in [2.45, 2.75) is 43.9 Å². The van der Waals surface area contributed by atoms with Crippen LogP contribution in [0.3, 0.4) is 0 Å². The van der Waals surface area contributed by atoms with Gasteiger partial charge in [0.25, 0.3) is 0 Å². The fraction of sp³-hybridized carbons (Fsp3) is 0.478. The van der Waals surface area contributed by atoms with E-state index < -0.39 is 24.1 Å². The van der Waals surface area contributed by atoms with Crippen molar-refractivity contribution in [2.24, 2.45) is 0 Å². The number of ether oxygens (including phenoxy) is 4. The van der Waals surface area contributed by atoms with E-state index in [-0.39, 0.29) is 13.0 Å². The van der Waals surface area contributed by atoms with E-state index in [0.717, 1.165) is 16.9 Å². The molecular weight excluding hydrogens is 408 g/mol. The molecule has 0 aromatic heterocycles. The van der Waals surface area contributed by atoms with Crippen LogP contribution in [0.1, 0.15) is 42.6 Å². The Bertz CT molecular complexity index is 827. The first-order valence-corrected chi connectivity index (χ1v) is 10.4. The normalized spacial score (nSPS) is 25.1. The Morgan fingerprint density at radius 3 is 2.53 bits per heavy atom. The highest BCUT2D eigenvalue weighted by Gasteiger charge is 2.43. The first kappa shape index (κ1) is 23.0. The molecule has 30 heavy (non-hydrogen) atoms. The lowest BCUT2D eigenvalue weighted by molar-refractivity contribution is -0.298. The van der Waals surface area contributed by atoms with E-state index in [1.165, 1.54) is 7.11 Å².